The van der Waals surface area contributed by atoms with E-state index in [1.807, 2.05) is 60.1 Å². The van der Waals surface area contributed by atoms with Crippen LogP contribution in [-0.2, 0) is 0 Å². The molecule has 0 aliphatic heterocycles. The fraction of sp³-hybridized carbons (Fsp3) is 0.0435. The number of hydrogen-bond acceptors (Lipinski definition) is 2. The molecule has 2 heterocycles. The molecule has 0 N–H and O–H groups in total. The summed E-state index contributed by atoms with van der Waals surface area (Å²) in [5.41, 5.74) is 5.29. The second kappa shape index (κ2) is 6.43. The van der Waals surface area contributed by atoms with E-state index in [-0.39, 0.29) is 5.82 Å². The molecule has 0 fully saturated rings. The van der Waals surface area contributed by atoms with E-state index in [0.29, 0.717) is 15.9 Å². The third-order valence-corrected chi connectivity index (χ3v) is 5.08. The van der Waals surface area contributed by atoms with Gasteiger partial charge in [0.25, 0.3) is 0 Å². The highest BCUT2D eigenvalue weighted by Crippen LogP contribution is 2.34. The average molecular weight is 388 g/mol. The Balaban J connectivity index is 1.91. The van der Waals surface area contributed by atoms with E-state index in [1.165, 1.54) is 17.7 Å². The SMILES string of the molecule is Cc1ccc(-c2nn(-c3cccc(Cl)c3)c3c2cnc2ccc(F)cc23)cc1. The quantitative estimate of drug-likeness (QED) is 0.353. The smallest absolute Gasteiger partial charge is 0.124 e. The Morgan fingerprint density at radius 2 is 1.75 bits per heavy atom. The van der Waals surface area contributed by atoms with Gasteiger partial charge >= 0.3 is 0 Å². The fourth-order valence-electron chi connectivity index (χ4n) is 3.48. The summed E-state index contributed by atoms with van der Waals surface area (Å²) in [7, 11) is 0. The predicted molar refractivity (Wildman–Crippen MR) is 112 cm³/mol. The van der Waals surface area contributed by atoms with Crippen molar-refractivity contribution >= 4 is 33.4 Å². The molecule has 0 saturated heterocycles. The maximum atomic E-state index is 14.1. The molecule has 0 saturated carbocycles. The molecule has 5 heteroatoms. The minimum atomic E-state index is -0.308. The molecule has 5 rings (SSSR count). The molecular formula is C23H15ClFN3. The lowest BCUT2D eigenvalue weighted by Crippen LogP contribution is -1.97. The number of hydrogen-bond donors (Lipinski definition) is 0. The van der Waals surface area contributed by atoms with Crippen molar-refractivity contribution in [3.8, 4) is 16.9 Å². The highest BCUT2D eigenvalue weighted by atomic mass is 35.5. The zero-order valence-corrected chi connectivity index (χ0v) is 15.8. The number of nitrogens with zero attached hydrogens (tertiary/aromatic N) is 3. The highest BCUT2D eigenvalue weighted by molar-refractivity contribution is 6.30. The number of benzene rings is 3. The number of rotatable bonds is 2. The normalized spacial score (nSPS) is 11.4. The molecule has 0 bridgehead atoms. The summed E-state index contributed by atoms with van der Waals surface area (Å²) >= 11 is 6.22. The monoisotopic (exact) mass is 387 g/mol. The minimum absolute atomic E-state index is 0.308. The Labute approximate surface area is 166 Å². The van der Waals surface area contributed by atoms with Crippen LogP contribution in [0.3, 0.4) is 0 Å². The van der Waals surface area contributed by atoms with Crippen molar-refractivity contribution in [3.63, 3.8) is 0 Å². The van der Waals surface area contributed by atoms with E-state index >= 15 is 0 Å². The molecule has 5 aromatic rings. The molecule has 0 amide bonds. The molecular weight excluding hydrogens is 373 g/mol. The molecule has 3 aromatic carbocycles. The van der Waals surface area contributed by atoms with Gasteiger partial charge in [-0.15, -0.1) is 0 Å². The van der Waals surface area contributed by atoms with Crippen molar-refractivity contribution in [2.45, 2.75) is 6.92 Å². The van der Waals surface area contributed by atoms with Crippen molar-refractivity contribution in [2.24, 2.45) is 0 Å². The first-order valence-electron chi connectivity index (χ1n) is 8.90. The summed E-state index contributed by atoms with van der Waals surface area (Å²) in [5, 5.41) is 7.06. The summed E-state index contributed by atoms with van der Waals surface area (Å²) in [6, 6.07) is 20.3. The second-order valence-electron chi connectivity index (χ2n) is 6.79. The molecule has 0 aliphatic carbocycles. The molecule has 0 atom stereocenters. The van der Waals surface area contributed by atoms with Crippen molar-refractivity contribution in [1.82, 2.24) is 14.8 Å². The molecule has 3 nitrogen and oxygen atoms in total. The van der Waals surface area contributed by atoms with Gasteiger partial charge in [-0.2, -0.15) is 5.10 Å². The lowest BCUT2D eigenvalue weighted by atomic mass is 10.1. The van der Waals surface area contributed by atoms with Crippen LogP contribution in [0.25, 0.3) is 38.8 Å². The van der Waals surface area contributed by atoms with Crippen molar-refractivity contribution < 1.29 is 4.39 Å². The van der Waals surface area contributed by atoms with Crippen molar-refractivity contribution in [2.75, 3.05) is 0 Å². The first-order chi connectivity index (χ1) is 13.6. The molecule has 0 spiro atoms. The molecule has 2 aromatic heterocycles. The van der Waals surface area contributed by atoms with Crippen molar-refractivity contribution in [3.05, 3.63) is 89.3 Å². The van der Waals surface area contributed by atoms with Crippen LogP contribution >= 0.6 is 11.6 Å². The lowest BCUT2D eigenvalue weighted by molar-refractivity contribution is 0.629. The first-order valence-corrected chi connectivity index (χ1v) is 9.28. The Kier molecular flexibility index (Phi) is 3.88. The Bertz CT molecular complexity index is 1340. The Morgan fingerprint density at radius 3 is 2.54 bits per heavy atom. The second-order valence-corrected chi connectivity index (χ2v) is 7.22. The summed E-state index contributed by atoms with van der Waals surface area (Å²) in [4.78, 5) is 4.53. The number of halogens is 2. The lowest BCUT2D eigenvalue weighted by Gasteiger charge is -2.06. The third kappa shape index (κ3) is 2.74. The van der Waals surface area contributed by atoms with Crippen LogP contribution in [0, 0.1) is 12.7 Å². The molecule has 136 valence electrons. The number of aryl methyl sites for hydroxylation is 1. The van der Waals surface area contributed by atoms with Gasteiger partial charge in [-0.1, -0.05) is 47.5 Å². The predicted octanol–water partition coefficient (Wildman–Crippen LogP) is 6.34. The summed E-state index contributed by atoms with van der Waals surface area (Å²) in [6.07, 6.45) is 1.80. The largest absolute Gasteiger partial charge is 0.255 e. The zero-order chi connectivity index (χ0) is 19.3. The van der Waals surface area contributed by atoms with Gasteiger partial charge in [-0.25, -0.2) is 9.07 Å². The third-order valence-electron chi connectivity index (χ3n) is 4.85. The zero-order valence-electron chi connectivity index (χ0n) is 15.0. The minimum Gasteiger partial charge on any atom is -0.255 e. The van der Waals surface area contributed by atoms with Crippen LogP contribution in [0.5, 0.6) is 0 Å². The molecule has 28 heavy (non-hydrogen) atoms. The van der Waals surface area contributed by atoms with Gasteiger partial charge in [-0.3, -0.25) is 4.98 Å². The van der Waals surface area contributed by atoms with E-state index in [1.54, 1.807) is 12.3 Å². The van der Waals surface area contributed by atoms with Gasteiger partial charge in [-0.05, 0) is 43.3 Å². The van der Waals surface area contributed by atoms with Crippen LogP contribution in [0.4, 0.5) is 4.39 Å². The standard InChI is InChI=1S/C23H15ClFN3/c1-14-5-7-15(8-6-14)22-20-13-26-21-10-9-17(25)12-19(21)23(20)28(27-22)18-4-2-3-16(24)11-18/h2-13H,1H3. The maximum Gasteiger partial charge on any atom is 0.124 e. The van der Waals surface area contributed by atoms with E-state index < -0.39 is 0 Å². The summed E-state index contributed by atoms with van der Waals surface area (Å²) < 4.78 is 15.9. The highest BCUT2D eigenvalue weighted by Gasteiger charge is 2.17. The first kappa shape index (κ1) is 16.9. The van der Waals surface area contributed by atoms with E-state index in [9.17, 15) is 4.39 Å². The Morgan fingerprint density at radius 1 is 0.929 bits per heavy atom. The van der Waals surface area contributed by atoms with Gasteiger partial charge in [0.15, 0.2) is 0 Å². The van der Waals surface area contributed by atoms with Gasteiger partial charge < -0.3 is 0 Å². The molecule has 0 radical (unpaired) electrons. The Hall–Kier alpha value is -3.24. The van der Waals surface area contributed by atoms with E-state index in [0.717, 1.165) is 27.8 Å². The van der Waals surface area contributed by atoms with Gasteiger partial charge in [0, 0.05) is 27.6 Å². The fourth-order valence-corrected chi connectivity index (χ4v) is 3.66. The van der Waals surface area contributed by atoms with Crippen LogP contribution in [0.1, 0.15) is 5.56 Å². The van der Waals surface area contributed by atoms with Crippen LogP contribution in [0.2, 0.25) is 5.02 Å². The van der Waals surface area contributed by atoms with Gasteiger partial charge in [0.1, 0.15) is 11.5 Å². The van der Waals surface area contributed by atoms with E-state index in [2.05, 4.69) is 4.98 Å². The molecule has 0 unspecified atom stereocenters. The number of pyridine rings is 1. The van der Waals surface area contributed by atoms with Gasteiger partial charge in [0.2, 0.25) is 0 Å². The van der Waals surface area contributed by atoms with Crippen LogP contribution < -0.4 is 0 Å². The number of fused-ring (bicyclic) bond motifs is 3. The summed E-state index contributed by atoms with van der Waals surface area (Å²) in [6.45, 7) is 2.05. The number of aromatic nitrogens is 3. The average Bonchev–Trinajstić information content (AvgIpc) is 3.09. The van der Waals surface area contributed by atoms with Gasteiger partial charge in [0.05, 0.1) is 16.7 Å². The van der Waals surface area contributed by atoms with Crippen LogP contribution in [-0.4, -0.2) is 14.8 Å². The summed E-state index contributed by atoms with van der Waals surface area (Å²) in [5.74, 6) is -0.308. The van der Waals surface area contributed by atoms with Crippen molar-refractivity contribution in [1.29, 1.82) is 0 Å². The van der Waals surface area contributed by atoms with E-state index in [4.69, 9.17) is 16.7 Å². The topological polar surface area (TPSA) is 30.7 Å². The molecule has 0 aliphatic rings. The van der Waals surface area contributed by atoms with Crippen LogP contribution in [0.15, 0.2) is 72.9 Å². The maximum absolute atomic E-state index is 14.1.